The highest BCUT2D eigenvalue weighted by Gasteiger charge is 2.41. The molecule has 2 unspecified atom stereocenters. The van der Waals surface area contributed by atoms with Gasteiger partial charge in [-0.05, 0) is 43.5 Å². The lowest BCUT2D eigenvalue weighted by Crippen LogP contribution is -2.51. The van der Waals surface area contributed by atoms with Crippen LogP contribution in [-0.2, 0) is 20.8 Å². The number of amides is 1. The van der Waals surface area contributed by atoms with Crippen LogP contribution in [0.3, 0.4) is 0 Å². The molecule has 1 aliphatic carbocycles. The molecule has 0 saturated carbocycles. The number of likely N-dealkylation sites (tertiary alicyclic amines) is 1. The Morgan fingerprint density at radius 3 is 2.66 bits per heavy atom. The predicted molar refractivity (Wildman–Crippen MR) is 118 cm³/mol. The van der Waals surface area contributed by atoms with Crippen LogP contribution in [0.25, 0.3) is 10.9 Å². The van der Waals surface area contributed by atoms with E-state index in [1.807, 2.05) is 0 Å². The molecule has 174 valence electrons. The van der Waals surface area contributed by atoms with E-state index < -0.39 is 24.5 Å². The highest BCUT2D eigenvalue weighted by Crippen LogP contribution is 2.44. The van der Waals surface area contributed by atoms with E-state index in [2.05, 4.69) is 53.6 Å². The number of aromatic amines is 1. The highest BCUT2D eigenvalue weighted by molar-refractivity contribution is 5.88. The number of carbonyl (C=O) groups is 3. The topological polar surface area (TPSA) is 143 Å². The molecule has 0 bridgehead atoms. The summed E-state index contributed by atoms with van der Waals surface area (Å²) in [6, 6.07) is 7.07. The molecule has 4 rings (SSSR count). The first-order valence-electron chi connectivity index (χ1n) is 10.9. The molecular formula is C23H31N3O6. The Kier molecular flexibility index (Phi) is 7.52. The zero-order valence-electron chi connectivity index (χ0n) is 18.4. The van der Waals surface area contributed by atoms with Crippen LogP contribution in [-0.4, -0.2) is 75.3 Å². The van der Waals surface area contributed by atoms with Crippen LogP contribution in [0.2, 0.25) is 0 Å². The third kappa shape index (κ3) is 5.11. The van der Waals surface area contributed by atoms with Gasteiger partial charge in [0.05, 0.1) is 12.3 Å². The quantitative estimate of drug-likeness (QED) is 0.454. The normalized spacial score (nSPS) is 22.9. The molecule has 9 heteroatoms. The summed E-state index contributed by atoms with van der Waals surface area (Å²) >= 11 is 0. The summed E-state index contributed by atoms with van der Waals surface area (Å²) in [5.41, 5.74) is 4.09. The number of likely N-dealkylation sites (N-methyl/N-ethyl adjacent to an activating group) is 1. The van der Waals surface area contributed by atoms with Gasteiger partial charge in [0, 0.05) is 42.1 Å². The second-order valence-electron chi connectivity index (χ2n) is 8.58. The molecule has 1 fully saturated rings. The van der Waals surface area contributed by atoms with Gasteiger partial charge in [0.2, 0.25) is 5.91 Å². The summed E-state index contributed by atoms with van der Waals surface area (Å²) in [6.07, 6.45) is 2.66. The Balaban J connectivity index is 0.000000275. The lowest BCUT2D eigenvalue weighted by molar-refractivity contribution is -0.152. The lowest BCUT2D eigenvalue weighted by atomic mass is 9.72. The SMILES string of the molecule is CCCNC(=O)C1C[C@@H]2c3cccc4[nH]cc(c34)C[C@H]2N(C)C1.O=C(O)CC(O)C(=O)O. The fourth-order valence-electron chi connectivity index (χ4n) is 4.78. The van der Waals surface area contributed by atoms with Crippen molar-refractivity contribution in [3.8, 4) is 0 Å². The number of nitrogens with one attached hydrogen (secondary N) is 2. The fraction of sp³-hybridized carbons (Fsp3) is 0.522. The molecule has 5 N–H and O–H groups in total. The molecule has 0 radical (unpaired) electrons. The third-order valence-electron chi connectivity index (χ3n) is 6.30. The van der Waals surface area contributed by atoms with E-state index in [-0.39, 0.29) is 11.8 Å². The number of aliphatic hydroxyl groups is 1. The number of hydrogen-bond acceptors (Lipinski definition) is 5. The summed E-state index contributed by atoms with van der Waals surface area (Å²) in [6.45, 7) is 3.75. The number of rotatable bonds is 6. The number of aliphatic carboxylic acids is 2. The van der Waals surface area contributed by atoms with Crippen LogP contribution in [0, 0.1) is 5.92 Å². The number of benzene rings is 1. The summed E-state index contributed by atoms with van der Waals surface area (Å²) in [5.74, 6) is -2.06. The molecule has 2 aliphatic rings. The number of carbonyl (C=O) groups excluding carboxylic acids is 1. The molecule has 0 spiro atoms. The highest BCUT2D eigenvalue weighted by atomic mass is 16.4. The molecule has 1 aromatic carbocycles. The van der Waals surface area contributed by atoms with Crippen molar-refractivity contribution >= 4 is 28.7 Å². The number of fused-ring (bicyclic) bond motifs is 2. The largest absolute Gasteiger partial charge is 0.481 e. The number of piperidine rings is 1. The van der Waals surface area contributed by atoms with Gasteiger partial charge in [0.25, 0.3) is 0 Å². The van der Waals surface area contributed by atoms with Gasteiger partial charge < -0.3 is 30.5 Å². The first-order valence-corrected chi connectivity index (χ1v) is 10.9. The minimum absolute atomic E-state index is 0.101. The minimum Gasteiger partial charge on any atom is -0.481 e. The Labute approximate surface area is 186 Å². The second-order valence-corrected chi connectivity index (χ2v) is 8.58. The van der Waals surface area contributed by atoms with Crippen LogP contribution in [0.4, 0.5) is 0 Å². The number of aromatic nitrogens is 1. The van der Waals surface area contributed by atoms with Crippen LogP contribution in [0.5, 0.6) is 0 Å². The van der Waals surface area contributed by atoms with Crippen molar-refractivity contribution in [1.29, 1.82) is 0 Å². The van der Waals surface area contributed by atoms with E-state index in [1.165, 1.54) is 22.0 Å². The van der Waals surface area contributed by atoms with Crippen LogP contribution < -0.4 is 5.32 Å². The van der Waals surface area contributed by atoms with Gasteiger partial charge in [0.1, 0.15) is 0 Å². The number of nitrogens with zero attached hydrogens (tertiary/aromatic N) is 1. The van der Waals surface area contributed by atoms with E-state index in [0.717, 1.165) is 32.4 Å². The van der Waals surface area contributed by atoms with Crippen LogP contribution in [0.15, 0.2) is 24.4 Å². The zero-order valence-corrected chi connectivity index (χ0v) is 18.4. The van der Waals surface area contributed by atoms with E-state index in [0.29, 0.717) is 12.0 Å². The number of hydrogen-bond donors (Lipinski definition) is 5. The van der Waals surface area contributed by atoms with Crippen molar-refractivity contribution in [1.82, 2.24) is 15.2 Å². The minimum atomic E-state index is -1.79. The molecule has 1 aliphatic heterocycles. The van der Waals surface area contributed by atoms with Crippen molar-refractivity contribution in [2.24, 2.45) is 5.92 Å². The number of carboxylic acid groups (broad SMARTS) is 2. The van der Waals surface area contributed by atoms with Gasteiger partial charge in [-0.3, -0.25) is 9.59 Å². The average Bonchev–Trinajstić information content (AvgIpc) is 3.17. The van der Waals surface area contributed by atoms with Crippen molar-refractivity contribution in [3.05, 3.63) is 35.5 Å². The first-order chi connectivity index (χ1) is 15.2. The van der Waals surface area contributed by atoms with Crippen LogP contribution in [0.1, 0.15) is 43.2 Å². The number of H-pyrrole nitrogens is 1. The zero-order chi connectivity index (χ0) is 23.4. The van der Waals surface area contributed by atoms with Crippen molar-refractivity contribution in [2.45, 2.75) is 50.7 Å². The Morgan fingerprint density at radius 2 is 2.03 bits per heavy atom. The van der Waals surface area contributed by atoms with E-state index in [9.17, 15) is 14.4 Å². The Hall–Kier alpha value is -2.91. The molecule has 9 nitrogen and oxygen atoms in total. The molecule has 32 heavy (non-hydrogen) atoms. The number of aliphatic hydroxyl groups excluding tert-OH is 1. The molecule has 2 aromatic rings. The van der Waals surface area contributed by atoms with Gasteiger partial charge in [-0.1, -0.05) is 19.1 Å². The molecule has 1 aromatic heterocycles. The molecule has 2 heterocycles. The van der Waals surface area contributed by atoms with Crippen molar-refractivity contribution < 1.29 is 29.7 Å². The van der Waals surface area contributed by atoms with Gasteiger partial charge in [-0.15, -0.1) is 0 Å². The summed E-state index contributed by atoms with van der Waals surface area (Å²) in [5, 5.41) is 28.6. The van der Waals surface area contributed by atoms with Crippen molar-refractivity contribution in [3.63, 3.8) is 0 Å². The van der Waals surface area contributed by atoms with E-state index in [1.54, 1.807) is 0 Å². The molecule has 1 saturated heterocycles. The molecule has 4 atom stereocenters. The fourth-order valence-corrected chi connectivity index (χ4v) is 4.78. The average molecular weight is 446 g/mol. The maximum absolute atomic E-state index is 12.5. The van der Waals surface area contributed by atoms with E-state index in [4.69, 9.17) is 15.3 Å². The monoisotopic (exact) mass is 445 g/mol. The molecular weight excluding hydrogens is 414 g/mol. The number of carboxylic acids is 2. The smallest absolute Gasteiger partial charge is 0.333 e. The predicted octanol–water partition coefficient (Wildman–Crippen LogP) is 1.56. The lowest BCUT2D eigenvalue weighted by Gasteiger charge is -2.45. The van der Waals surface area contributed by atoms with Gasteiger partial charge in [-0.25, -0.2) is 4.79 Å². The Bertz CT molecular complexity index is 987. The van der Waals surface area contributed by atoms with Crippen molar-refractivity contribution in [2.75, 3.05) is 20.1 Å². The summed E-state index contributed by atoms with van der Waals surface area (Å²) in [7, 11) is 2.18. The van der Waals surface area contributed by atoms with Gasteiger partial charge in [0.15, 0.2) is 6.10 Å². The Morgan fingerprint density at radius 1 is 1.28 bits per heavy atom. The summed E-state index contributed by atoms with van der Waals surface area (Å²) < 4.78 is 0. The first kappa shape index (κ1) is 23.7. The van der Waals surface area contributed by atoms with Gasteiger partial charge >= 0.3 is 11.9 Å². The van der Waals surface area contributed by atoms with E-state index >= 15 is 0 Å². The van der Waals surface area contributed by atoms with Crippen LogP contribution >= 0.6 is 0 Å². The summed E-state index contributed by atoms with van der Waals surface area (Å²) in [4.78, 5) is 37.7. The maximum Gasteiger partial charge on any atom is 0.333 e. The van der Waals surface area contributed by atoms with Gasteiger partial charge in [-0.2, -0.15) is 0 Å². The standard InChI is InChI=1S/C19H25N3O.C4H6O5/c1-3-7-20-19(23)13-8-15-14-5-4-6-16-18(14)12(10-21-16)9-17(15)22(2)11-13;5-2(4(8)9)1-3(6)7/h4-6,10,13,15,17,21H,3,7-9,11H2,1-2H3,(H,20,23);2,5H,1H2,(H,6,7)(H,8,9)/t13?,15-,17-;/m1./s1. The third-order valence-corrected chi connectivity index (χ3v) is 6.30. The molecule has 1 amide bonds. The second kappa shape index (κ2) is 10.1. The maximum atomic E-state index is 12.5.